The van der Waals surface area contributed by atoms with E-state index in [1.165, 1.54) is 6.08 Å². The first-order valence-corrected chi connectivity index (χ1v) is 10.1. The highest BCUT2D eigenvalue weighted by molar-refractivity contribution is 8.26. The maximum absolute atomic E-state index is 13.0. The number of thiocarbonyl (C=S) groups is 1. The number of ether oxygens (including phenoxy) is 1. The number of para-hydroxylation sites is 1. The average molecular weight is 444 g/mol. The Kier molecular flexibility index (Phi) is 6.86. The van der Waals surface area contributed by atoms with Gasteiger partial charge in [0.15, 0.2) is 6.61 Å². The molecular formula is C21H17NO6S2. The van der Waals surface area contributed by atoms with Crippen molar-refractivity contribution < 1.29 is 29.3 Å². The topological polar surface area (TPSA) is 104 Å². The molecule has 1 heterocycles. The highest BCUT2D eigenvalue weighted by Crippen LogP contribution is 2.36. The molecule has 1 aliphatic rings. The summed E-state index contributed by atoms with van der Waals surface area (Å²) in [5, 5.41) is 18.5. The van der Waals surface area contributed by atoms with Crippen LogP contribution in [0.5, 0.6) is 5.75 Å². The molecule has 2 aromatic carbocycles. The SMILES string of the molecule is O=C(O)COc1ccccc1/C=C1\SC(=S)N(C(Cc2ccccc2)C(=O)O)C1=O. The summed E-state index contributed by atoms with van der Waals surface area (Å²) in [5.41, 5.74) is 1.27. The van der Waals surface area contributed by atoms with E-state index >= 15 is 0 Å². The Morgan fingerprint density at radius 2 is 1.77 bits per heavy atom. The van der Waals surface area contributed by atoms with E-state index in [1.54, 1.807) is 48.5 Å². The van der Waals surface area contributed by atoms with Crippen molar-refractivity contribution in [2.24, 2.45) is 0 Å². The zero-order valence-electron chi connectivity index (χ0n) is 15.6. The lowest BCUT2D eigenvalue weighted by Gasteiger charge is -2.23. The van der Waals surface area contributed by atoms with Crippen LogP contribution >= 0.6 is 24.0 Å². The predicted molar refractivity (Wildman–Crippen MR) is 116 cm³/mol. The van der Waals surface area contributed by atoms with E-state index < -0.39 is 30.5 Å². The third kappa shape index (κ3) is 5.05. The molecule has 2 N–H and O–H groups in total. The van der Waals surface area contributed by atoms with E-state index in [9.17, 15) is 19.5 Å². The molecular weight excluding hydrogens is 426 g/mol. The first kappa shape index (κ1) is 21.5. The fourth-order valence-corrected chi connectivity index (χ4v) is 4.23. The second kappa shape index (κ2) is 9.55. The van der Waals surface area contributed by atoms with Crippen LogP contribution < -0.4 is 4.74 Å². The zero-order valence-corrected chi connectivity index (χ0v) is 17.2. The molecule has 1 fully saturated rings. The largest absolute Gasteiger partial charge is 0.481 e. The van der Waals surface area contributed by atoms with Gasteiger partial charge in [-0.05, 0) is 17.7 Å². The quantitative estimate of drug-likeness (QED) is 0.474. The van der Waals surface area contributed by atoms with Crippen LogP contribution in [-0.2, 0) is 20.8 Å². The molecule has 9 heteroatoms. The number of rotatable bonds is 8. The summed E-state index contributed by atoms with van der Waals surface area (Å²) in [7, 11) is 0. The standard InChI is InChI=1S/C21H17NO6S2/c23-18(24)12-28-16-9-5-4-8-14(16)11-17-19(25)22(21(29)30-17)15(20(26)27)10-13-6-2-1-3-7-13/h1-9,11,15H,10,12H2,(H,23,24)(H,26,27)/b17-11-. The Balaban J connectivity index is 1.87. The van der Waals surface area contributed by atoms with E-state index in [-0.39, 0.29) is 15.6 Å². The van der Waals surface area contributed by atoms with E-state index in [4.69, 9.17) is 22.1 Å². The Hall–Kier alpha value is -3.17. The zero-order chi connectivity index (χ0) is 21.7. The normalized spacial score (nSPS) is 16.0. The third-order valence-corrected chi connectivity index (χ3v) is 5.58. The first-order valence-electron chi connectivity index (χ1n) is 8.84. The summed E-state index contributed by atoms with van der Waals surface area (Å²) >= 11 is 6.30. The van der Waals surface area contributed by atoms with Gasteiger partial charge in [0.1, 0.15) is 16.1 Å². The fraction of sp³-hybridized carbons (Fsp3) is 0.143. The van der Waals surface area contributed by atoms with Gasteiger partial charge in [-0.1, -0.05) is 72.5 Å². The van der Waals surface area contributed by atoms with Crippen molar-refractivity contribution in [1.29, 1.82) is 0 Å². The van der Waals surface area contributed by atoms with E-state index in [0.717, 1.165) is 22.2 Å². The maximum Gasteiger partial charge on any atom is 0.341 e. The van der Waals surface area contributed by atoms with Gasteiger partial charge in [-0.15, -0.1) is 0 Å². The van der Waals surface area contributed by atoms with Crippen LogP contribution in [0.25, 0.3) is 6.08 Å². The number of hydrogen-bond acceptors (Lipinski definition) is 6. The molecule has 30 heavy (non-hydrogen) atoms. The maximum atomic E-state index is 13.0. The van der Waals surface area contributed by atoms with E-state index in [0.29, 0.717) is 11.3 Å². The number of carboxylic acids is 2. The lowest BCUT2D eigenvalue weighted by atomic mass is 10.0. The van der Waals surface area contributed by atoms with Crippen molar-refractivity contribution >= 4 is 52.2 Å². The van der Waals surface area contributed by atoms with Gasteiger partial charge in [-0.2, -0.15) is 0 Å². The molecule has 1 saturated heterocycles. The van der Waals surface area contributed by atoms with Crippen LogP contribution in [0, 0.1) is 0 Å². The van der Waals surface area contributed by atoms with Crippen LogP contribution in [0.4, 0.5) is 0 Å². The molecule has 7 nitrogen and oxygen atoms in total. The highest BCUT2D eigenvalue weighted by atomic mass is 32.2. The Labute approximate surface area is 182 Å². The van der Waals surface area contributed by atoms with Crippen molar-refractivity contribution in [1.82, 2.24) is 4.90 Å². The summed E-state index contributed by atoms with van der Waals surface area (Å²) in [6, 6.07) is 14.5. The number of aliphatic carboxylic acids is 2. The number of nitrogens with zero attached hydrogens (tertiary/aromatic N) is 1. The van der Waals surface area contributed by atoms with Crippen LogP contribution in [0.15, 0.2) is 59.5 Å². The van der Waals surface area contributed by atoms with E-state index in [1.807, 2.05) is 6.07 Å². The van der Waals surface area contributed by atoms with Gasteiger partial charge in [-0.3, -0.25) is 9.69 Å². The van der Waals surface area contributed by atoms with Gasteiger partial charge in [0, 0.05) is 12.0 Å². The number of carbonyl (C=O) groups excluding carboxylic acids is 1. The minimum atomic E-state index is -1.15. The molecule has 154 valence electrons. The number of benzene rings is 2. The Morgan fingerprint density at radius 1 is 1.10 bits per heavy atom. The summed E-state index contributed by atoms with van der Waals surface area (Å²) in [6.07, 6.45) is 1.64. The van der Waals surface area contributed by atoms with Gasteiger partial charge < -0.3 is 14.9 Å². The fourth-order valence-electron chi connectivity index (χ4n) is 2.89. The van der Waals surface area contributed by atoms with Crippen molar-refractivity contribution in [2.45, 2.75) is 12.5 Å². The lowest BCUT2D eigenvalue weighted by Crippen LogP contribution is -2.45. The van der Waals surface area contributed by atoms with Crippen LogP contribution in [0.3, 0.4) is 0 Å². The van der Waals surface area contributed by atoms with Crippen LogP contribution in [-0.4, -0.2) is 49.9 Å². The molecule has 2 aromatic rings. The highest BCUT2D eigenvalue weighted by Gasteiger charge is 2.40. The third-order valence-electron chi connectivity index (χ3n) is 4.25. The minimum Gasteiger partial charge on any atom is -0.481 e. The molecule has 0 aliphatic carbocycles. The van der Waals surface area contributed by atoms with Crippen molar-refractivity contribution in [2.75, 3.05) is 6.61 Å². The molecule has 0 radical (unpaired) electrons. The first-order chi connectivity index (χ1) is 14.4. The van der Waals surface area contributed by atoms with Crippen molar-refractivity contribution in [3.05, 3.63) is 70.6 Å². The molecule has 1 atom stereocenters. The van der Waals surface area contributed by atoms with Crippen LogP contribution in [0.1, 0.15) is 11.1 Å². The van der Waals surface area contributed by atoms with Gasteiger partial charge in [0.05, 0.1) is 4.91 Å². The van der Waals surface area contributed by atoms with Gasteiger partial charge in [-0.25, -0.2) is 9.59 Å². The van der Waals surface area contributed by atoms with Gasteiger partial charge in [0.25, 0.3) is 5.91 Å². The molecule has 0 saturated carbocycles. The lowest BCUT2D eigenvalue weighted by molar-refractivity contribution is -0.145. The second-order valence-electron chi connectivity index (χ2n) is 6.32. The van der Waals surface area contributed by atoms with Crippen molar-refractivity contribution in [3.8, 4) is 5.75 Å². The Bertz CT molecular complexity index is 1020. The predicted octanol–water partition coefficient (Wildman–Crippen LogP) is 3.05. The monoisotopic (exact) mass is 443 g/mol. The van der Waals surface area contributed by atoms with E-state index in [2.05, 4.69) is 0 Å². The molecule has 0 bridgehead atoms. The van der Waals surface area contributed by atoms with Crippen molar-refractivity contribution in [3.63, 3.8) is 0 Å². The molecule has 0 spiro atoms. The number of amides is 1. The summed E-state index contributed by atoms with van der Waals surface area (Å²) < 4.78 is 5.41. The van der Waals surface area contributed by atoms with Gasteiger partial charge in [0.2, 0.25) is 0 Å². The smallest absolute Gasteiger partial charge is 0.341 e. The van der Waals surface area contributed by atoms with Crippen LogP contribution in [0.2, 0.25) is 0 Å². The summed E-state index contributed by atoms with van der Waals surface area (Å²) in [5.74, 6) is -2.49. The molecule has 3 rings (SSSR count). The average Bonchev–Trinajstić information content (AvgIpc) is 2.99. The summed E-state index contributed by atoms with van der Waals surface area (Å²) in [4.78, 5) is 37.0. The number of carbonyl (C=O) groups is 3. The Morgan fingerprint density at radius 3 is 2.43 bits per heavy atom. The molecule has 0 aromatic heterocycles. The van der Waals surface area contributed by atoms with Gasteiger partial charge >= 0.3 is 11.9 Å². The summed E-state index contributed by atoms with van der Waals surface area (Å²) in [6.45, 7) is -0.524. The molecule has 1 aliphatic heterocycles. The number of thioether (sulfide) groups is 1. The number of carboxylic acid groups (broad SMARTS) is 2. The molecule has 1 unspecified atom stereocenters. The molecule has 1 amide bonds. The number of hydrogen-bond donors (Lipinski definition) is 2. The minimum absolute atomic E-state index is 0.119. The second-order valence-corrected chi connectivity index (χ2v) is 7.99.